The number of amides is 1. The zero-order valence-electron chi connectivity index (χ0n) is 18.0. The highest BCUT2D eigenvalue weighted by molar-refractivity contribution is 7.14. The van der Waals surface area contributed by atoms with Crippen LogP contribution in [-0.2, 0) is 9.47 Å². The van der Waals surface area contributed by atoms with Gasteiger partial charge in [0.1, 0.15) is 5.60 Å². The number of ether oxygens (including phenoxy) is 2. The molecule has 0 spiro atoms. The summed E-state index contributed by atoms with van der Waals surface area (Å²) >= 11 is 1.69. The zero-order valence-corrected chi connectivity index (χ0v) is 18.8. The summed E-state index contributed by atoms with van der Waals surface area (Å²) in [6.07, 6.45) is -0.225. The van der Waals surface area contributed by atoms with Crippen LogP contribution in [0.4, 0.5) is 15.6 Å². The Morgan fingerprint density at radius 3 is 2.30 bits per heavy atom. The first-order chi connectivity index (χ1) is 14.4. The Morgan fingerprint density at radius 1 is 1.00 bits per heavy atom. The third-order valence-corrected chi connectivity index (χ3v) is 6.13. The molecular weight excluding hydrogens is 400 g/mol. The minimum Gasteiger partial charge on any atom is -0.444 e. The highest BCUT2D eigenvalue weighted by Gasteiger charge is 2.26. The van der Waals surface area contributed by atoms with Gasteiger partial charge in [-0.25, -0.2) is 9.78 Å². The van der Waals surface area contributed by atoms with Crippen LogP contribution in [0.2, 0.25) is 0 Å². The number of carbonyl (C=O) groups is 1. The molecule has 0 saturated carbocycles. The van der Waals surface area contributed by atoms with Gasteiger partial charge in [-0.2, -0.15) is 0 Å². The van der Waals surface area contributed by atoms with Crippen molar-refractivity contribution in [2.24, 2.45) is 0 Å². The fourth-order valence-corrected chi connectivity index (χ4v) is 4.50. The molecule has 7 nitrogen and oxygen atoms in total. The van der Waals surface area contributed by atoms with Gasteiger partial charge < -0.3 is 24.2 Å². The van der Waals surface area contributed by atoms with Crippen molar-refractivity contribution in [3.63, 3.8) is 0 Å². The van der Waals surface area contributed by atoms with Gasteiger partial charge in [0.05, 0.1) is 18.9 Å². The van der Waals surface area contributed by atoms with Gasteiger partial charge in [-0.3, -0.25) is 0 Å². The van der Waals surface area contributed by atoms with E-state index in [1.807, 2.05) is 20.8 Å². The van der Waals surface area contributed by atoms with Gasteiger partial charge in [0.2, 0.25) is 0 Å². The molecule has 0 unspecified atom stereocenters. The van der Waals surface area contributed by atoms with Gasteiger partial charge in [0.15, 0.2) is 5.13 Å². The molecule has 2 aromatic rings. The smallest absolute Gasteiger partial charge is 0.410 e. The number of thiazole rings is 1. The van der Waals surface area contributed by atoms with Gasteiger partial charge in [-0.15, -0.1) is 11.3 Å². The van der Waals surface area contributed by atoms with E-state index >= 15 is 0 Å². The lowest BCUT2D eigenvalue weighted by Gasteiger charge is -2.36. The van der Waals surface area contributed by atoms with E-state index in [0.29, 0.717) is 13.1 Å². The molecule has 1 aromatic heterocycles. The highest BCUT2D eigenvalue weighted by atomic mass is 32.1. The minimum absolute atomic E-state index is 0.225. The second-order valence-electron chi connectivity index (χ2n) is 8.62. The lowest BCUT2D eigenvalue weighted by molar-refractivity contribution is 0.0240. The molecule has 0 bridgehead atoms. The molecule has 3 heterocycles. The molecule has 2 saturated heterocycles. The Labute approximate surface area is 182 Å². The molecule has 4 rings (SSSR count). The topological polar surface area (TPSA) is 58.1 Å². The van der Waals surface area contributed by atoms with E-state index in [9.17, 15) is 4.79 Å². The van der Waals surface area contributed by atoms with E-state index in [4.69, 9.17) is 14.5 Å². The van der Waals surface area contributed by atoms with Crippen LogP contribution in [0, 0.1) is 0 Å². The molecule has 0 atom stereocenters. The highest BCUT2D eigenvalue weighted by Crippen LogP contribution is 2.29. The SMILES string of the molecule is CC(C)(C)OC(=O)N1CCN(c2ccc(-c3csc(N4CCOCC4)n3)cc2)CC1. The predicted octanol–water partition coefficient (Wildman–Crippen LogP) is 3.70. The number of carbonyl (C=O) groups excluding carboxylic acids is 1. The fraction of sp³-hybridized carbons (Fsp3) is 0.545. The average molecular weight is 431 g/mol. The van der Waals surface area contributed by atoms with E-state index in [0.717, 1.165) is 55.8 Å². The van der Waals surface area contributed by atoms with Crippen LogP contribution in [-0.4, -0.2) is 74.1 Å². The molecule has 8 heteroatoms. The van der Waals surface area contributed by atoms with Crippen LogP contribution in [0.3, 0.4) is 0 Å². The summed E-state index contributed by atoms with van der Waals surface area (Å²) in [6.45, 7) is 12.0. The molecule has 0 aliphatic carbocycles. The van der Waals surface area contributed by atoms with Crippen molar-refractivity contribution in [3.8, 4) is 11.3 Å². The molecule has 2 aliphatic heterocycles. The first-order valence-corrected chi connectivity index (χ1v) is 11.4. The van der Waals surface area contributed by atoms with Crippen LogP contribution >= 0.6 is 11.3 Å². The van der Waals surface area contributed by atoms with Crippen LogP contribution in [0.25, 0.3) is 11.3 Å². The normalized spacial score (nSPS) is 17.9. The number of aromatic nitrogens is 1. The van der Waals surface area contributed by atoms with Gasteiger partial charge in [0, 0.05) is 55.9 Å². The second-order valence-corrected chi connectivity index (χ2v) is 9.45. The standard InChI is InChI=1S/C22H30N4O3S/c1-22(2,3)29-21(27)26-10-8-24(9-11-26)18-6-4-17(5-7-18)19-16-30-20(23-19)25-12-14-28-15-13-25/h4-7,16H,8-15H2,1-3H3. The minimum atomic E-state index is -0.457. The monoisotopic (exact) mass is 430 g/mol. The van der Waals surface area contributed by atoms with E-state index < -0.39 is 5.60 Å². The Balaban J connectivity index is 1.34. The number of morpholine rings is 1. The van der Waals surface area contributed by atoms with Crippen molar-refractivity contribution in [3.05, 3.63) is 29.6 Å². The Hall–Kier alpha value is -2.32. The number of nitrogens with zero attached hydrogens (tertiary/aromatic N) is 4. The van der Waals surface area contributed by atoms with Crippen molar-refractivity contribution in [1.29, 1.82) is 0 Å². The molecule has 30 heavy (non-hydrogen) atoms. The van der Waals surface area contributed by atoms with Crippen LogP contribution in [0.5, 0.6) is 0 Å². The molecule has 1 aromatic carbocycles. The number of piperazine rings is 1. The van der Waals surface area contributed by atoms with E-state index in [1.165, 1.54) is 5.69 Å². The third-order valence-electron chi connectivity index (χ3n) is 5.23. The van der Waals surface area contributed by atoms with Gasteiger partial charge >= 0.3 is 6.09 Å². The van der Waals surface area contributed by atoms with E-state index in [-0.39, 0.29) is 6.09 Å². The number of anilines is 2. The molecule has 1 amide bonds. The first-order valence-electron chi connectivity index (χ1n) is 10.5. The van der Waals surface area contributed by atoms with Crippen molar-refractivity contribution >= 4 is 28.2 Å². The quantitative estimate of drug-likeness (QED) is 0.740. The fourth-order valence-electron chi connectivity index (χ4n) is 3.61. The maximum absolute atomic E-state index is 12.2. The summed E-state index contributed by atoms with van der Waals surface area (Å²) in [5, 5.41) is 3.19. The summed E-state index contributed by atoms with van der Waals surface area (Å²) in [5.41, 5.74) is 2.86. The summed E-state index contributed by atoms with van der Waals surface area (Å²) in [5.74, 6) is 0. The van der Waals surface area contributed by atoms with Crippen molar-refractivity contribution in [2.45, 2.75) is 26.4 Å². The molecular formula is C22H30N4O3S. The Morgan fingerprint density at radius 2 is 1.67 bits per heavy atom. The van der Waals surface area contributed by atoms with Crippen LogP contribution < -0.4 is 9.80 Å². The zero-order chi connectivity index (χ0) is 21.1. The molecule has 0 radical (unpaired) electrons. The molecule has 162 valence electrons. The van der Waals surface area contributed by atoms with E-state index in [1.54, 1.807) is 16.2 Å². The van der Waals surface area contributed by atoms with Gasteiger partial charge in [-0.05, 0) is 32.9 Å². The maximum Gasteiger partial charge on any atom is 0.410 e. The van der Waals surface area contributed by atoms with Gasteiger partial charge in [0.25, 0.3) is 0 Å². The first kappa shape index (κ1) is 20.9. The number of rotatable bonds is 3. The molecule has 0 N–H and O–H groups in total. The maximum atomic E-state index is 12.2. The van der Waals surface area contributed by atoms with Crippen molar-refractivity contribution in [2.75, 3.05) is 62.3 Å². The lowest BCUT2D eigenvalue weighted by Crippen LogP contribution is -2.50. The number of benzene rings is 1. The Bertz CT molecular complexity index is 848. The summed E-state index contributed by atoms with van der Waals surface area (Å²) < 4.78 is 10.9. The Kier molecular flexibility index (Phi) is 6.15. The second kappa shape index (κ2) is 8.81. The number of hydrogen-bond acceptors (Lipinski definition) is 7. The lowest BCUT2D eigenvalue weighted by atomic mass is 10.1. The average Bonchev–Trinajstić information content (AvgIpc) is 3.24. The van der Waals surface area contributed by atoms with Crippen LogP contribution in [0.15, 0.2) is 29.6 Å². The largest absolute Gasteiger partial charge is 0.444 e. The molecule has 2 aliphatic rings. The summed E-state index contributed by atoms with van der Waals surface area (Å²) in [6, 6.07) is 8.56. The number of hydrogen-bond donors (Lipinski definition) is 0. The summed E-state index contributed by atoms with van der Waals surface area (Å²) in [4.78, 5) is 23.5. The van der Waals surface area contributed by atoms with Crippen molar-refractivity contribution < 1.29 is 14.3 Å². The third kappa shape index (κ3) is 5.05. The van der Waals surface area contributed by atoms with Crippen LogP contribution in [0.1, 0.15) is 20.8 Å². The van der Waals surface area contributed by atoms with E-state index in [2.05, 4.69) is 39.4 Å². The predicted molar refractivity (Wildman–Crippen MR) is 121 cm³/mol. The van der Waals surface area contributed by atoms with Crippen molar-refractivity contribution in [1.82, 2.24) is 9.88 Å². The van der Waals surface area contributed by atoms with Gasteiger partial charge in [-0.1, -0.05) is 12.1 Å². The molecule has 2 fully saturated rings. The summed E-state index contributed by atoms with van der Waals surface area (Å²) in [7, 11) is 0.